The lowest BCUT2D eigenvalue weighted by atomic mass is 10.1. The number of anilines is 1. The second-order valence-corrected chi connectivity index (χ2v) is 8.22. The third kappa shape index (κ3) is 4.11. The van der Waals surface area contributed by atoms with Gasteiger partial charge in [-0.15, -0.1) is 0 Å². The number of rotatable bonds is 4. The van der Waals surface area contributed by atoms with Gasteiger partial charge in [0.25, 0.3) is 5.91 Å². The molecule has 8 heteroatoms. The van der Waals surface area contributed by atoms with Crippen LogP contribution in [0, 0.1) is 0 Å². The van der Waals surface area contributed by atoms with Crippen molar-refractivity contribution >= 4 is 33.2 Å². The summed E-state index contributed by atoms with van der Waals surface area (Å²) in [6.07, 6.45) is 4.81. The zero-order valence-corrected chi connectivity index (χ0v) is 15.1. The van der Waals surface area contributed by atoms with Crippen molar-refractivity contribution in [3.8, 4) is 0 Å². The maximum Gasteiger partial charge on any atom is 0.253 e. The Hall–Kier alpha value is -2.12. The molecule has 132 valence electrons. The number of nitrogens with zero attached hydrogens (tertiary/aromatic N) is 2. The third-order valence-corrected chi connectivity index (χ3v) is 6.19. The van der Waals surface area contributed by atoms with E-state index in [1.165, 1.54) is 10.4 Å². The molecule has 1 aliphatic heterocycles. The summed E-state index contributed by atoms with van der Waals surface area (Å²) in [7, 11) is -3.31. The Morgan fingerprint density at radius 1 is 1.28 bits per heavy atom. The van der Waals surface area contributed by atoms with Gasteiger partial charge in [-0.1, -0.05) is 17.7 Å². The van der Waals surface area contributed by atoms with E-state index in [0.29, 0.717) is 30.8 Å². The van der Waals surface area contributed by atoms with Gasteiger partial charge in [0, 0.05) is 25.5 Å². The second kappa shape index (κ2) is 7.41. The number of pyridine rings is 1. The molecule has 25 heavy (non-hydrogen) atoms. The third-order valence-electron chi connectivity index (χ3n) is 4.01. The number of aromatic nitrogens is 1. The highest BCUT2D eigenvalue weighted by atomic mass is 35.5. The molecule has 0 bridgehead atoms. The fourth-order valence-corrected chi connectivity index (χ4v) is 4.59. The van der Waals surface area contributed by atoms with Crippen LogP contribution in [0.3, 0.4) is 0 Å². The van der Waals surface area contributed by atoms with Gasteiger partial charge in [0.1, 0.15) is 0 Å². The molecule has 1 amide bonds. The van der Waals surface area contributed by atoms with Gasteiger partial charge in [-0.2, -0.15) is 0 Å². The summed E-state index contributed by atoms with van der Waals surface area (Å²) >= 11 is 6.22. The van der Waals surface area contributed by atoms with Crippen molar-refractivity contribution in [2.24, 2.45) is 0 Å². The quantitative estimate of drug-likeness (QED) is 0.885. The number of hydrogen-bond acceptors (Lipinski definition) is 4. The lowest BCUT2D eigenvalue weighted by molar-refractivity contribution is 0.0951. The Balaban J connectivity index is 1.74. The molecule has 3 rings (SSSR count). The van der Waals surface area contributed by atoms with Gasteiger partial charge < -0.3 is 5.32 Å². The largest absolute Gasteiger partial charge is 0.348 e. The van der Waals surface area contributed by atoms with Crippen LogP contribution in [0.2, 0.25) is 5.02 Å². The molecule has 1 N–H and O–H groups in total. The highest BCUT2D eigenvalue weighted by Gasteiger charge is 2.26. The smallest absolute Gasteiger partial charge is 0.253 e. The van der Waals surface area contributed by atoms with E-state index in [0.717, 1.165) is 12.0 Å². The Morgan fingerprint density at radius 2 is 2.12 bits per heavy atom. The van der Waals surface area contributed by atoms with E-state index in [4.69, 9.17) is 11.6 Å². The normalized spacial score (nSPS) is 16.4. The minimum Gasteiger partial charge on any atom is -0.348 e. The number of nitrogens with one attached hydrogen (secondary N) is 1. The van der Waals surface area contributed by atoms with E-state index in [1.54, 1.807) is 30.6 Å². The first kappa shape index (κ1) is 17.7. The van der Waals surface area contributed by atoms with Crippen molar-refractivity contribution < 1.29 is 13.2 Å². The van der Waals surface area contributed by atoms with E-state index in [2.05, 4.69) is 10.3 Å². The van der Waals surface area contributed by atoms with E-state index in [-0.39, 0.29) is 16.7 Å². The average molecular weight is 380 g/mol. The number of hydrogen-bond donors (Lipinski definition) is 1. The predicted octanol–water partition coefficient (Wildman–Crippen LogP) is 2.60. The van der Waals surface area contributed by atoms with E-state index in [1.807, 2.05) is 6.07 Å². The fourth-order valence-electron chi connectivity index (χ4n) is 2.70. The van der Waals surface area contributed by atoms with E-state index >= 15 is 0 Å². The van der Waals surface area contributed by atoms with Crippen molar-refractivity contribution in [3.63, 3.8) is 0 Å². The van der Waals surface area contributed by atoms with Gasteiger partial charge in [0.15, 0.2) is 0 Å². The summed E-state index contributed by atoms with van der Waals surface area (Å²) in [5.41, 5.74) is 1.68. The van der Waals surface area contributed by atoms with Gasteiger partial charge in [0.05, 0.1) is 22.0 Å². The summed E-state index contributed by atoms with van der Waals surface area (Å²) < 4.78 is 25.7. The molecule has 0 aliphatic carbocycles. The van der Waals surface area contributed by atoms with Gasteiger partial charge >= 0.3 is 0 Å². The molecule has 2 aromatic rings. The average Bonchev–Trinajstić information content (AvgIpc) is 2.60. The SMILES string of the molecule is O=C(NCc1cccnc1)c1ccc(N2CCCCS2(=O)=O)cc1Cl. The first-order valence-corrected chi connectivity index (χ1v) is 9.93. The van der Waals surface area contributed by atoms with Gasteiger partial charge in [-0.3, -0.25) is 14.1 Å². The molecule has 1 aromatic carbocycles. The van der Waals surface area contributed by atoms with Crippen LogP contribution in [0.25, 0.3) is 0 Å². The molecule has 1 aliphatic rings. The van der Waals surface area contributed by atoms with Gasteiger partial charge in [0.2, 0.25) is 10.0 Å². The summed E-state index contributed by atoms with van der Waals surface area (Å²) in [6.45, 7) is 0.774. The van der Waals surface area contributed by atoms with Crippen LogP contribution in [0.1, 0.15) is 28.8 Å². The minimum absolute atomic E-state index is 0.137. The van der Waals surface area contributed by atoms with Gasteiger partial charge in [-0.05, 0) is 42.7 Å². The first-order valence-electron chi connectivity index (χ1n) is 7.94. The number of carbonyl (C=O) groups excluding carboxylic acids is 1. The first-order chi connectivity index (χ1) is 12.0. The van der Waals surface area contributed by atoms with E-state index in [9.17, 15) is 13.2 Å². The van der Waals surface area contributed by atoms with Crippen LogP contribution in [-0.2, 0) is 16.6 Å². The molecular formula is C17H18ClN3O3S. The summed E-state index contributed by atoms with van der Waals surface area (Å²) in [5, 5.41) is 3.00. The molecule has 1 saturated heterocycles. The maximum absolute atomic E-state index is 12.3. The number of halogens is 1. The lowest BCUT2D eigenvalue weighted by Gasteiger charge is -2.28. The summed E-state index contributed by atoms with van der Waals surface area (Å²) in [4.78, 5) is 16.3. The fraction of sp³-hybridized carbons (Fsp3) is 0.294. The molecule has 1 aromatic heterocycles. The van der Waals surface area contributed by atoms with Crippen molar-refractivity contribution in [3.05, 3.63) is 58.9 Å². The predicted molar refractivity (Wildman–Crippen MR) is 97.2 cm³/mol. The Bertz CT molecular complexity index is 872. The number of carbonyl (C=O) groups is 1. The number of amides is 1. The monoisotopic (exact) mass is 379 g/mol. The number of benzene rings is 1. The van der Waals surface area contributed by atoms with Crippen molar-refractivity contribution in [2.45, 2.75) is 19.4 Å². The standard InChI is InChI=1S/C17H18ClN3O3S/c18-16-10-14(21-8-1-2-9-25(21,23)24)5-6-15(16)17(22)20-12-13-4-3-7-19-11-13/h3-7,10-11H,1-2,8-9,12H2,(H,20,22). The Kier molecular flexibility index (Phi) is 5.24. The van der Waals surface area contributed by atoms with Crippen molar-refractivity contribution in [2.75, 3.05) is 16.6 Å². The van der Waals surface area contributed by atoms with Crippen LogP contribution in [-0.4, -0.2) is 31.6 Å². The van der Waals surface area contributed by atoms with Crippen LogP contribution in [0.5, 0.6) is 0 Å². The summed E-state index contributed by atoms with van der Waals surface area (Å²) in [5.74, 6) is -0.181. The van der Waals surface area contributed by atoms with Crippen LogP contribution >= 0.6 is 11.6 Å². The molecule has 0 unspecified atom stereocenters. The minimum atomic E-state index is -3.31. The molecular weight excluding hydrogens is 362 g/mol. The molecule has 0 spiro atoms. The molecule has 0 radical (unpaired) electrons. The Labute approximate surface area is 151 Å². The molecule has 6 nitrogen and oxygen atoms in total. The maximum atomic E-state index is 12.3. The van der Waals surface area contributed by atoms with Crippen molar-refractivity contribution in [1.82, 2.24) is 10.3 Å². The highest BCUT2D eigenvalue weighted by molar-refractivity contribution is 7.92. The van der Waals surface area contributed by atoms with Crippen LogP contribution in [0.4, 0.5) is 5.69 Å². The topological polar surface area (TPSA) is 79.4 Å². The van der Waals surface area contributed by atoms with Crippen molar-refractivity contribution in [1.29, 1.82) is 0 Å². The molecule has 0 atom stereocenters. The molecule has 0 saturated carbocycles. The second-order valence-electron chi connectivity index (χ2n) is 5.80. The van der Waals surface area contributed by atoms with Crippen LogP contribution in [0.15, 0.2) is 42.7 Å². The summed E-state index contributed by atoms with van der Waals surface area (Å²) in [6, 6.07) is 8.36. The highest BCUT2D eigenvalue weighted by Crippen LogP contribution is 2.28. The number of sulfonamides is 1. The molecule has 1 fully saturated rings. The molecule has 2 heterocycles. The lowest BCUT2D eigenvalue weighted by Crippen LogP contribution is -2.37. The zero-order valence-electron chi connectivity index (χ0n) is 13.5. The van der Waals surface area contributed by atoms with Crippen LogP contribution < -0.4 is 9.62 Å². The van der Waals surface area contributed by atoms with E-state index < -0.39 is 10.0 Å². The van der Waals surface area contributed by atoms with Gasteiger partial charge in [-0.25, -0.2) is 8.42 Å². The zero-order chi connectivity index (χ0) is 17.9. The Morgan fingerprint density at radius 3 is 2.80 bits per heavy atom.